The van der Waals surface area contributed by atoms with Crippen molar-refractivity contribution in [2.75, 3.05) is 29.8 Å². The Hall–Kier alpha value is -2.67. The van der Waals surface area contributed by atoms with E-state index in [0.717, 1.165) is 41.9 Å². The molecule has 3 heterocycles. The van der Waals surface area contributed by atoms with Gasteiger partial charge < -0.3 is 18.9 Å². The SMILES string of the molecule is COc1cccnc1SNc1noc2c1CC1(CC1)c1ccc(N3CCCC3)cc1-2. The van der Waals surface area contributed by atoms with Crippen LogP contribution in [0.2, 0.25) is 0 Å². The monoisotopic (exact) mass is 420 g/mol. The zero-order valence-electron chi connectivity index (χ0n) is 17.0. The predicted molar refractivity (Wildman–Crippen MR) is 118 cm³/mol. The first-order valence-corrected chi connectivity index (χ1v) is 11.4. The maximum Gasteiger partial charge on any atom is 0.183 e. The molecule has 0 radical (unpaired) electrons. The van der Waals surface area contributed by atoms with E-state index < -0.39 is 0 Å². The van der Waals surface area contributed by atoms with Crippen molar-refractivity contribution in [3.8, 4) is 17.1 Å². The largest absolute Gasteiger partial charge is 0.494 e. The summed E-state index contributed by atoms with van der Waals surface area (Å²) < 4.78 is 14.7. The van der Waals surface area contributed by atoms with Gasteiger partial charge in [0.25, 0.3) is 0 Å². The molecule has 30 heavy (non-hydrogen) atoms. The molecule has 0 amide bonds. The lowest BCUT2D eigenvalue weighted by Crippen LogP contribution is -2.20. The van der Waals surface area contributed by atoms with E-state index >= 15 is 0 Å². The van der Waals surface area contributed by atoms with E-state index in [1.807, 2.05) is 12.1 Å². The fraction of sp³-hybridized carbons (Fsp3) is 0.391. The van der Waals surface area contributed by atoms with E-state index in [0.29, 0.717) is 0 Å². The minimum atomic E-state index is 0.251. The topological polar surface area (TPSA) is 63.4 Å². The van der Waals surface area contributed by atoms with E-state index in [2.05, 4.69) is 38.0 Å². The number of methoxy groups -OCH3 is 1. The third-order valence-corrected chi connectivity index (χ3v) is 7.44. The molecule has 3 aromatic rings. The van der Waals surface area contributed by atoms with Gasteiger partial charge in [0, 0.05) is 53.5 Å². The first kappa shape index (κ1) is 18.1. The summed E-state index contributed by atoms with van der Waals surface area (Å²) in [5.74, 6) is 2.46. The number of anilines is 2. The zero-order valence-corrected chi connectivity index (χ0v) is 17.8. The number of rotatable bonds is 5. The lowest BCUT2D eigenvalue weighted by atomic mass is 9.79. The molecule has 0 unspecified atom stereocenters. The number of nitrogens with one attached hydrogen (secondary N) is 1. The summed E-state index contributed by atoms with van der Waals surface area (Å²) in [5.41, 5.74) is 5.38. The molecule has 2 fully saturated rings. The van der Waals surface area contributed by atoms with E-state index in [1.165, 1.54) is 60.0 Å². The lowest BCUT2D eigenvalue weighted by Gasteiger charge is -2.27. The molecule has 3 aliphatic rings. The van der Waals surface area contributed by atoms with Gasteiger partial charge in [-0.1, -0.05) is 11.2 Å². The molecule has 1 saturated carbocycles. The van der Waals surface area contributed by atoms with Crippen LogP contribution in [0, 0.1) is 0 Å². The minimum absolute atomic E-state index is 0.251. The number of fused-ring (bicyclic) bond motifs is 4. The molecule has 1 saturated heterocycles. The highest BCUT2D eigenvalue weighted by Crippen LogP contribution is 2.58. The summed E-state index contributed by atoms with van der Waals surface area (Å²) in [4.78, 5) is 6.88. The first-order chi connectivity index (χ1) is 14.8. The average molecular weight is 421 g/mol. The Bertz CT molecular complexity index is 1100. The number of aromatic nitrogens is 2. The Morgan fingerprint density at radius 3 is 2.87 bits per heavy atom. The average Bonchev–Trinajstić information content (AvgIpc) is 3.17. The molecule has 154 valence electrons. The van der Waals surface area contributed by atoms with Gasteiger partial charge in [0.2, 0.25) is 0 Å². The second kappa shape index (κ2) is 6.94. The van der Waals surface area contributed by atoms with Gasteiger partial charge in [-0.05, 0) is 61.9 Å². The van der Waals surface area contributed by atoms with Crippen LogP contribution in [0.5, 0.6) is 5.75 Å². The number of hydrogen-bond donors (Lipinski definition) is 1. The molecule has 6 nitrogen and oxygen atoms in total. The van der Waals surface area contributed by atoms with Crippen LogP contribution in [-0.2, 0) is 11.8 Å². The van der Waals surface area contributed by atoms with Gasteiger partial charge in [-0.15, -0.1) is 0 Å². The normalized spacial score (nSPS) is 18.2. The third-order valence-electron chi connectivity index (χ3n) is 6.65. The quantitative estimate of drug-likeness (QED) is 0.579. The molecule has 2 aliphatic carbocycles. The van der Waals surface area contributed by atoms with Crippen LogP contribution in [0.1, 0.15) is 36.8 Å². The van der Waals surface area contributed by atoms with Gasteiger partial charge in [-0.25, -0.2) is 4.98 Å². The molecule has 0 bridgehead atoms. The Morgan fingerprint density at radius 2 is 2.07 bits per heavy atom. The molecule has 2 aromatic heterocycles. The van der Waals surface area contributed by atoms with Crippen molar-refractivity contribution in [3.05, 3.63) is 47.7 Å². The lowest BCUT2D eigenvalue weighted by molar-refractivity contribution is 0.401. The summed E-state index contributed by atoms with van der Waals surface area (Å²) in [7, 11) is 1.66. The van der Waals surface area contributed by atoms with E-state index in [9.17, 15) is 0 Å². The van der Waals surface area contributed by atoms with Crippen LogP contribution in [0.3, 0.4) is 0 Å². The van der Waals surface area contributed by atoms with Crippen molar-refractivity contribution in [2.24, 2.45) is 0 Å². The molecular weight excluding hydrogens is 396 g/mol. The number of pyridine rings is 1. The second-order valence-electron chi connectivity index (χ2n) is 8.43. The maximum atomic E-state index is 5.90. The van der Waals surface area contributed by atoms with Crippen LogP contribution in [0.25, 0.3) is 11.3 Å². The van der Waals surface area contributed by atoms with Gasteiger partial charge >= 0.3 is 0 Å². The van der Waals surface area contributed by atoms with E-state index in [-0.39, 0.29) is 5.41 Å². The molecule has 1 N–H and O–H groups in total. The first-order valence-electron chi connectivity index (χ1n) is 10.6. The molecule has 1 spiro atoms. The van der Waals surface area contributed by atoms with Crippen LogP contribution in [-0.4, -0.2) is 30.3 Å². The number of hydrogen-bond acceptors (Lipinski definition) is 7. The minimum Gasteiger partial charge on any atom is -0.494 e. The van der Waals surface area contributed by atoms with Crippen molar-refractivity contribution in [3.63, 3.8) is 0 Å². The Kier molecular flexibility index (Phi) is 4.19. The molecule has 1 aromatic carbocycles. The molecule has 0 atom stereocenters. The van der Waals surface area contributed by atoms with Crippen LogP contribution in [0.15, 0.2) is 46.1 Å². The van der Waals surface area contributed by atoms with Gasteiger partial charge in [-0.3, -0.25) is 0 Å². The van der Waals surface area contributed by atoms with Crippen LogP contribution >= 0.6 is 11.9 Å². The zero-order chi connectivity index (χ0) is 20.1. The highest BCUT2D eigenvalue weighted by atomic mass is 32.2. The number of ether oxygens (including phenoxy) is 1. The van der Waals surface area contributed by atoms with Crippen molar-refractivity contribution < 1.29 is 9.26 Å². The maximum absolute atomic E-state index is 5.90. The van der Waals surface area contributed by atoms with Crippen molar-refractivity contribution in [1.82, 2.24) is 10.1 Å². The number of nitrogens with zero attached hydrogens (tertiary/aromatic N) is 3. The standard InChI is InChI=1S/C23H24N4O2S/c1-28-19-5-4-10-24-22(19)30-26-21-17-14-23(8-9-23)18-7-6-15(27-11-2-3-12-27)13-16(18)20(17)29-25-21/h4-7,10,13H,2-3,8-9,11-12,14H2,1H3,(H,25,26). The van der Waals surface area contributed by atoms with E-state index in [1.54, 1.807) is 13.3 Å². The predicted octanol–water partition coefficient (Wildman–Crippen LogP) is 5.05. The molecule has 6 rings (SSSR count). The molecular formula is C23H24N4O2S. The summed E-state index contributed by atoms with van der Waals surface area (Å²) in [6, 6.07) is 10.7. The highest BCUT2D eigenvalue weighted by Gasteiger charge is 2.50. The summed E-state index contributed by atoms with van der Waals surface area (Å²) in [6.45, 7) is 2.28. The van der Waals surface area contributed by atoms with Gasteiger partial charge in [0.1, 0.15) is 0 Å². The van der Waals surface area contributed by atoms with Crippen LogP contribution < -0.4 is 14.4 Å². The van der Waals surface area contributed by atoms with E-state index in [4.69, 9.17) is 9.26 Å². The van der Waals surface area contributed by atoms with Gasteiger partial charge in [0.15, 0.2) is 22.4 Å². The summed E-state index contributed by atoms with van der Waals surface area (Å²) in [5, 5.41) is 5.18. The molecule has 1 aliphatic heterocycles. The fourth-order valence-corrected chi connectivity index (χ4v) is 5.57. The molecule has 7 heteroatoms. The number of benzene rings is 1. The van der Waals surface area contributed by atoms with Crippen molar-refractivity contribution >= 4 is 23.5 Å². The highest BCUT2D eigenvalue weighted by molar-refractivity contribution is 8.00. The second-order valence-corrected chi connectivity index (χ2v) is 9.23. The van der Waals surface area contributed by atoms with Crippen LogP contribution in [0.4, 0.5) is 11.5 Å². The Balaban J connectivity index is 1.34. The van der Waals surface area contributed by atoms with Crippen molar-refractivity contribution in [2.45, 2.75) is 42.5 Å². The smallest absolute Gasteiger partial charge is 0.183 e. The fourth-order valence-electron chi connectivity index (χ4n) is 4.85. The summed E-state index contributed by atoms with van der Waals surface area (Å²) >= 11 is 1.41. The Labute approximate surface area is 180 Å². The van der Waals surface area contributed by atoms with Crippen molar-refractivity contribution in [1.29, 1.82) is 0 Å². The third kappa shape index (κ3) is 2.87. The van der Waals surface area contributed by atoms with Gasteiger partial charge in [0.05, 0.1) is 7.11 Å². The summed E-state index contributed by atoms with van der Waals surface area (Å²) in [6.07, 6.45) is 7.75. The Morgan fingerprint density at radius 1 is 1.20 bits per heavy atom. The van der Waals surface area contributed by atoms with Gasteiger partial charge in [-0.2, -0.15) is 0 Å².